The van der Waals surface area contributed by atoms with E-state index >= 15 is 0 Å². The number of hydrogen-bond acceptors (Lipinski definition) is 18. The molecule has 0 saturated carbocycles. The monoisotopic (exact) mass is 1580 g/mol. The highest BCUT2D eigenvalue weighted by molar-refractivity contribution is 5.76. The maximum atomic E-state index is 13.5. The van der Waals surface area contributed by atoms with Crippen molar-refractivity contribution >= 4 is 5.91 Å². The number of unbranched alkanes of at least 4 members (excludes halogenated alkanes) is 60. The summed E-state index contributed by atoms with van der Waals surface area (Å²) in [4.78, 5) is 13.5. The number of allylic oxidation sites excluding steroid dienone is 3. The van der Waals surface area contributed by atoms with Gasteiger partial charge in [-0.05, 0) is 32.1 Å². The number of aliphatic hydroxyl groups excluding tert-OH is 11. The van der Waals surface area contributed by atoms with Crippen molar-refractivity contribution in [2.45, 2.75) is 529 Å². The van der Waals surface area contributed by atoms with Crippen molar-refractivity contribution in [1.82, 2.24) is 5.32 Å². The molecule has 3 fully saturated rings. The van der Waals surface area contributed by atoms with Crippen LogP contribution in [0.5, 0.6) is 0 Å². The molecule has 0 spiro atoms. The first-order valence-electron chi connectivity index (χ1n) is 47.1. The van der Waals surface area contributed by atoms with Crippen molar-refractivity contribution < 1.29 is 89.4 Å². The minimum absolute atomic E-state index is 0.241. The number of carbonyl (C=O) groups is 1. The van der Waals surface area contributed by atoms with Gasteiger partial charge in [0.2, 0.25) is 5.91 Å². The molecule has 3 aliphatic rings. The maximum Gasteiger partial charge on any atom is 0.220 e. The molecule has 3 aliphatic heterocycles. The average Bonchev–Trinajstić information content (AvgIpc) is 0.781. The highest BCUT2D eigenvalue weighted by atomic mass is 16.8. The van der Waals surface area contributed by atoms with Gasteiger partial charge in [0.1, 0.15) is 73.2 Å². The van der Waals surface area contributed by atoms with E-state index in [1.807, 2.05) is 6.08 Å². The molecular formula is C92H175NO18. The molecular weight excluding hydrogens is 1410 g/mol. The van der Waals surface area contributed by atoms with Crippen LogP contribution in [0.25, 0.3) is 0 Å². The van der Waals surface area contributed by atoms with Crippen LogP contribution in [0, 0.1) is 0 Å². The van der Waals surface area contributed by atoms with Crippen molar-refractivity contribution in [3.8, 4) is 0 Å². The Balaban J connectivity index is 1.30. The lowest BCUT2D eigenvalue weighted by Gasteiger charge is -2.48. The van der Waals surface area contributed by atoms with Gasteiger partial charge in [-0.25, -0.2) is 0 Å². The lowest BCUT2D eigenvalue weighted by Crippen LogP contribution is -2.66. The van der Waals surface area contributed by atoms with Crippen LogP contribution in [0.1, 0.15) is 425 Å². The zero-order chi connectivity index (χ0) is 80.3. The molecule has 0 aromatic rings. The molecule has 3 saturated heterocycles. The summed E-state index contributed by atoms with van der Waals surface area (Å²) in [5, 5.41) is 121. The van der Waals surface area contributed by atoms with Crippen molar-refractivity contribution in [1.29, 1.82) is 0 Å². The molecule has 0 bridgehead atoms. The standard InChI is InChI=1S/C92H175NO18/c1-3-5-7-9-11-13-15-17-19-21-23-25-27-29-31-33-34-35-36-37-38-39-40-41-42-44-46-48-50-52-54-56-58-60-62-64-66-68-70-80(98)93-75(76(97)69-67-65-63-61-59-57-55-53-51-49-47-45-43-32-30-28-26-24-22-20-18-16-14-12-10-8-6-4-2)74-106-90-86(104)83(101)88(78(72-95)108-90)111-92-87(105)84(102)89(79(73-96)109-92)110-91-85(103)82(100)81(99)77(71-94)107-91/h59,61,67,69,75-79,81-92,94-97,99-105H,3-58,60,62-66,68,70-74H2,1-2H3,(H,93,98)/b61-59+,69-67+. The van der Waals surface area contributed by atoms with Crippen molar-refractivity contribution in [3.05, 3.63) is 24.3 Å². The summed E-state index contributed by atoms with van der Waals surface area (Å²) in [6.07, 6.45) is 65.1. The van der Waals surface area contributed by atoms with Gasteiger partial charge in [0.15, 0.2) is 18.9 Å². The molecule has 1 amide bonds. The molecule has 0 aliphatic carbocycles. The lowest BCUT2D eigenvalue weighted by molar-refractivity contribution is -0.379. The van der Waals surface area contributed by atoms with Crippen LogP contribution in [0.15, 0.2) is 24.3 Å². The summed E-state index contributed by atoms with van der Waals surface area (Å²) in [7, 11) is 0. The van der Waals surface area contributed by atoms with Crippen LogP contribution in [0.4, 0.5) is 0 Å². The Hall–Kier alpha value is -1.73. The summed E-state index contributed by atoms with van der Waals surface area (Å²) in [5.41, 5.74) is 0. The van der Waals surface area contributed by atoms with Crippen molar-refractivity contribution in [2.24, 2.45) is 0 Å². The highest BCUT2D eigenvalue weighted by Gasteiger charge is 2.54. The molecule has 656 valence electrons. The maximum absolute atomic E-state index is 13.5. The number of aliphatic hydroxyl groups is 11. The molecule has 17 unspecified atom stereocenters. The third kappa shape index (κ3) is 50.7. The summed E-state index contributed by atoms with van der Waals surface area (Å²) in [6, 6.07) is -0.990. The number of amides is 1. The second kappa shape index (κ2) is 72.3. The molecule has 3 rings (SSSR count). The van der Waals surface area contributed by atoms with Crippen LogP contribution < -0.4 is 5.32 Å². The summed E-state index contributed by atoms with van der Waals surface area (Å²) in [5.74, 6) is -0.275. The molecule has 17 atom stereocenters. The normalized spacial score (nSPS) is 25.1. The number of carbonyl (C=O) groups excluding carboxylic acids is 1. The Kier molecular flexibility index (Phi) is 67.4. The first-order chi connectivity index (χ1) is 54.3. The Morgan fingerprint density at radius 1 is 0.315 bits per heavy atom. The van der Waals surface area contributed by atoms with Gasteiger partial charge in [0, 0.05) is 6.42 Å². The van der Waals surface area contributed by atoms with Gasteiger partial charge in [0.25, 0.3) is 0 Å². The number of hydrogen-bond donors (Lipinski definition) is 12. The second-order valence-electron chi connectivity index (χ2n) is 33.8. The van der Waals surface area contributed by atoms with Gasteiger partial charge in [-0.15, -0.1) is 0 Å². The fourth-order valence-electron chi connectivity index (χ4n) is 16.3. The molecule has 19 nitrogen and oxygen atoms in total. The van der Waals surface area contributed by atoms with Crippen LogP contribution in [-0.2, 0) is 33.2 Å². The fraction of sp³-hybridized carbons (Fsp3) is 0.946. The Labute approximate surface area is 677 Å². The van der Waals surface area contributed by atoms with Gasteiger partial charge in [-0.3, -0.25) is 4.79 Å². The minimum atomic E-state index is -1.98. The largest absolute Gasteiger partial charge is 0.394 e. The average molecular weight is 1580 g/mol. The highest BCUT2D eigenvalue weighted by Crippen LogP contribution is 2.34. The molecule has 0 aromatic carbocycles. The lowest BCUT2D eigenvalue weighted by atomic mass is 9.96. The number of nitrogens with one attached hydrogen (secondary N) is 1. The minimum Gasteiger partial charge on any atom is -0.394 e. The van der Waals surface area contributed by atoms with Crippen molar-refractivity contribution in [2.75, 3.05) is 26.4 Å². The van der Waals surface area contributed by atoms with Gasteiger partial charge >= 0.3 is 0 Å². The first kappa shape index (κ1) is 103. The molecule has 19 heteroatoms. The van der Waals surface area contributed by atoms with E-state index in [0.717, 1.165) is 38.5 Å². The third-order valence-electron chi connectivity index (χ3n) is 23.8. The van der Waals surface area contributed by atoms with Gasteiger partial charge in [0.05, 0.1) is 38.6 Å². The quantitative estimate of drug-likeness (QED) is 0.0199. The second-order valence-corrected chi connectivity index (χ2v) is 33.8. The van der Waals surface area contributed by atoms with E-state index in [0.29, 0.717) is 12.8 Å². The topological polar surface area (TPSA) is 307 Å². The van der Waals surface area contributed by atoms with Gasteiger partial charge in [-0.2, -0.15) is 0 Å². The molecule has 111 heavy (non-hydrogen) atoms. The van der Waals surface area contributed by atoms with Gasteiger partial charge in [-0.1, -0.05) is 411 Å². The van der Waals surface area contributed by atoms with Crippen LogP contribution in [0.3, 0.4) is 0 Å². The zero-order valence-corrected chi connectivity index (χ0v) is 71.0. The molecule has 3 heterocycles. The molecule has 0 radical (unpaired) electrons. The van der Waals surface area contributed by atoms with Crippen molar-refractivity contribution in [3.63, 3.8) is 0 Å². The molecule has 12 N–H and O–H groups in total. The van der Waals surface area contributed by atoms with Crippen LogP contribution in [-0.4, -0.2) is 193 Å². The van der Waals surface area contributed by atoms with E-state index in [-0.39, 0.29) is 18.9 Å². The summed E-state index contributed by atoms with van der Waals surface area (Å²) in [6.45, 7) is 1.80. The van der Waals surface area contributed by atoms with E-state index in [9.17, 15) is 61.0 Å². The zero-order valence-electron chi connectivity index (χ0n) is 71.0. The summed E-state index contributed by atoms with van der Waals surface area (Å²) >= 11 is 0. The van der Waals surface area contributed by atoms with E-state index in [1.165, 1.54) is 353 Å². The predicted molar refractivity (Wildman–Crippen MR) is 448 cm³/mol. The SMILES string of the molecule is CCCCCCCCCCCCCCCCCCCCCCCC/C=C/CC/C=C/C(O)C(COC1OC(CO)C(OC2OC(CO)C(OC3OC(CO)C(O)C(O)C3O)C(O)C2O)C(O)C1O)NC(=O)CCCCCCCCCCCCCCCCCCCCCCCCCCCCCCCCCCCCCCCC. The van der Waals surface area contributed by atoms with E-state index in [1.54, 1.807) is 6.08 Å². The Morgan fingerprint density at radius 2 is 0.577 bits per heavy atom. The summed E-state index contributed by atoms with van der Waals surface area (Å²) < 4.78 is 34.5. The third-order valence-corrected chi connectivity index (χ3v) is 23.8. The number of ether oxygens (including phenoxy) is 6. The predicted octanol–water partition coefficient (Wildman–Crippen LogP) is 18.4. The Bertz CT molecular complexity index is 2090. The molecule has 0 aromatic heterocycles. The smallest absolute Gasteiger partial charge is 0.220 e. The first-order valence-corrected chi connectivity index (χ1v) is 47.1. The van der Waals surface area contributed by atoms with E-state index in [4.69, 9.17) is 28.4 Å². The van der Waals surface area contributed by atoms with Crippen LogP contribution >= 0.6 is 0 Å². The van der Waals surface area contributed by atoms with Crippen LogP contribution in [0.2, 0.25) is 0 Å². The van der Waals surface area contributed by atoms with E-state index < -0.39 is 124 Å². The van der Waals surface area contributed by atoms with E-state index in [2.05, 4.69) is 31.3 Å². The number of rotatable bonds is 78. The Morgan fingerprint density at radius 3 is 0.901 bits per heavy atom. The fourth-order valence-corrected chi connectivity index (χ4v) is 16.3. The van der Waals surface area contributed by atoms with Gasteiger partial charge < -0.3 is 89.9 Å².